The van der Waals surface area contributed by atoms with Crippen LogP contribution < -0.4 is 16.0 Å². The Morgan fingerprint density at radius 1 is 1.05 bits per heavy atom. The monoisotopic (exact) mass is 312 g/mol. The number of unbranched alkanes of at least 4 members (excludes halogenated alkanes) is 3. The topological polar surface area (TPSA) is 65.5 Å². The van der Waals surface area contributed by atoms with Crippen molar-refractivity contribution in [2.75, 3.05) is 19.6 Å². The molecule has 0 aromatic heterocycles. The first kappa shape index (κ1) is 20.7. The smallest absolute Gasteiger partial charge is 0.221 e. The molecule has 0 spiro atoms. The highest BCUT2D eigenvalue weighted by molar-refractivity contribution is 5.81. The van der Waals surface area contributed by atoms with Gasteiger partial charge in [-0.1, -0.05) is 39.5 Å². The summed E-state index contributed by atoms with van der Waals surface area (Å²) in [5, 5.41) is 9.53. The number of nitrogens with zero attached hydrogens (tertiary/aromatic N) is 1. The zero-order chi connectivity index (χ0) is 16.6. The summed E-state index contributed by atoms with van der Waals surface area (Å²) in [4.78, 5) is 16.0. The van der Waals surface area contributed by atoms with Crippen molar-refractivity contribution in [2.45, 2.75) is 78.7 Å². The third-order valence-corrected chi connectivity index (χ3v) is 3.40. The molecule has 0 aromatic carbocycles. The second-order valence-corrected chi connectivity index (χ2v) is 5.76. The first-order valence-electron chi connectivity index (χ1n) is 8.95. The second-order valence-electron chi connectivity index (χ2n) is 5.76. The maximum atomic E-state index is 11.5. The van der Waals surface area contributed by atoms with Crippen molar-refractivity contribution in [3.8, 4) is 0 Å². The van der Waals surface area contributed by atoms with Crippen molar-refractivity contribution in [3.05, 3.63) is 0 Å². The SMILES string of the molecule is CCCCCCC(C)NC(=NCCC(=O)NCCC)NCC. The highest BCUT2D eigenvalue weighted by Crippen LogP contribution is 2.05. The average molecular weight is 313 g/mol. The quantitative estimate of drug-likeness (QED) is 0.295. The van der Waals surface area contributed by atoms with Crippen LogP contribution in [0, 0.1) is 0 Å². The number of hydrogen-bond acceptors (Lipinski definition) is 2. The molecule has 3 N–H and O–H groups in total. The minimum atomic E-state index is 0.0778. The number of aliphatic imine (C=N–C) groups is 1. The fourth-order valence-electron chi connectivity index (χ4n) is 2.12. The van der Waals surface area contributed by atoms with Crippen LogP contribution in [0.25, 0.3) is 0 Å². The van der Waals surface area contributed by atoms with Crippen LogP contribution in [0.15, 0.2) is 4.99 Å². The number of carbonyl (C=O) groups is 1. The van der Waals surface area contributed by atoms with E-state index >= 15 is 0 Å². The van der Waals surface area contributed by atoms with Crippen LogP contribution in [0.2, 0.25) is 0 Å². The molecule has 0 saturated carbocycles. The van der Waals surface area contributed by atoms with Gasteiger partial charge in [0, 0.05) is 25.6 Å². The highest BCUT2D eigenvalue weighted by Gasteiger charge is 2.05. The lowest BCUT2D eigenvalue weighted by atomic mass is 10.1. The van der Waals surface area contributed by atoms with E-state index in [2.05, 4.69) is 41.7 Å². The zero-order valence-corrected chi connectivity index (χ0v) is 15.0. The molecule has 0 heterocycles. The first-order valence-corrected chi connectivity index (χ1v) is 8.95. The van der Waals surface area contributed by atoms with Crippen LogP contribution in [0.1, 0.15) is 72.6 Å². The molecule has 5 heteroatoms. The van der Waals surface area contributed by atoms with E-state index < -0.39 is 0 Å². The van der Waals surface area contributed by atoms with E-state index in [0.717, 1.165) is 31.9 Å². The van der Waals surface area contributed by atoms with Gasteiger partial charge >= 0.3 is 0 Å². The molecule has 0 aliphatic carbocycles. The Bertz CT molecular complexity index is 305. The fourth-order valence-corrected chi connectivity index (χ4v) is 2.12. The molecule has 0 aliphatic heterocycles. The number of amides is 1. The van der Waals surface area contributed by atoms with Crippen LogP contribution in [0.4, 0.5) is 0 Å². The van der Waals surface area contributed by atoms with Gasteiger partial charge < -0.3 is 16.0 Å². The predicted octanol–water partition coefficient (Wildman–Crippen LogP) is 2.82. The molecule has 1 atom stereocenters. The Balaban J connectivity index is 4.05. The summed E-state index contributed by atoms with van der Waals surface area (Å²) in [7, 11) is 0. The Labute approximate surface area is 136 Å². The lowest BCUT2D eigenvalue weighted by molar-refractivity contribution is -0.120. The van der Waals surface area contributed by atoms with Gasteiger partial charge in [-0.2, -0.15) is 0 Å². The summed E-state index contributed by atoms with van der Waals surface area (Å²) in [6.07, 6.45) is 7.70. The molecule has 1 unspecified atom stereocenters. The second kappa shape index (κ2) is 14.7. The standard InChI is InChI=1S/C17H36N4O/c1-5-8-9-10-11-15(4)21-17(18-7-3)20-14-12-16(22)19-13-6-2/h15H,5-14H2,1-4H3,(H,19,22)(H2,18,20,21). The van der Waals surface area contributed by atoms with E-state index in [1.165, 1.54) is 25.7 Å². The van der Waals surface area contributed by atoms with Crippen LogP contribution in [-0.2, 0) is 4.79 Å². The molecule has 22 heavy (non-hydrogen) atoms. The summed E-state index contributed by atoms with van der Waals surface area (Å²) in [5.41, 5.74) is 0. The Kier molecular flexibility index (Phi) is 13.8. The third-order valence-electron chi connectivity index (χ3n) is 3.40. The number of carbonyl (C=O) groups excluding carboxylic acids is 1. The number of guanidine groups is 1. The summed E-state index contributed by atoms with van der Waals surface area (Å²) >= 11 is 0. The minimum Gasteiger partial charge on any atom is -0.357 e. The molecule has 0 saturated heterocycles. The molecule has 0 bridgehead atoms. The zero-order valence-electron chi connectivity index (χ0n) is 15.0. The van der Waals surface area contributed by atoms with Gasteiger partial charge in [0.25, 0.3) is 0 Å². The molecular weight excluding hydrogens is 276 g/mol. The van der Waals surface area contributed by atoms with Gasteiger partial charge in [-0.15, -0.1) is 0 Å². The third kappa shape index (κ3) is 12.5. The van der Waals surface area contributed by atoms with Crippen LogP contribution in [-0.4, -0.2) is 37.5 Å². The van der Waals surface area contributed by atoms with E-state index in [1.807, 2.05) is 6.92 Å². The van der Waals surface area contributed by atoms with Crippen molar-refractivity contribution in [2.24, 2.45) is 4.99 Å². The average Bonchev–Trinajstić information content (AvgIpc) is 2.49. The van der Waals surface area contributed by atoms with E-state index in [1.54, 1.807) is 0 Å². The van der Waals surface area contributed by atoms with E-state index in [9.17, 15) is 4.79 Å². The van der Waals surface area contributed by atoms with Crippen molar-refractivity contribution in [1.29, 1.82) is 0 Å². The summed E-state index contributed by atoms with van der Waals surface area (Å²) in [6.45, 7) is 10.6. The summed E-state index contributed by atoms with van der Waals surface area (Å²) in [6, 6.07) is 0.406. The number of nitrogens with one attached hydrogen (secondary N) is 3. The maximum Gasteiger partial charge on any atom is 0.221 e. The van der Waals surface area contributed by atoms with E-state index in [4.69, 9.17) is 0 Å². The van der Waals surface area contributed by atoms with Gasteiger partial charge in [-0.3, -0.25) is 9.79 Å². The Morgan fingerprint density at radius 3 is 2.45 bits per heavy atom. The van der Waals surface area contributed by atoms with Crippen LogP contribution in [0.3, 0.4) is 0 Å². The van der Waals surface area contributed by atoms with Gasteiger partial charge in [0.2, 0.25) is 5.91 Å². The van der Waals surface area contributed by atoms with E-state index in [-0.39, 0.29) is 5.91 Å². The molecule has 0 aromatic rings. The van der Waals surface area contributed by atoms with Gasteiger partial charge in [0.15, 0.2) is 5.96 Å². The molecule has 1 amide bonds. The predicted molar refractivity (Wildman–Crippen MR) is 95.3 cm³/mol. The van der Waals surface area contributed by atoms with Crippen molar-refractivity contribution < 1.29 is 4.79 Å². The van der Waals surface area contributed by atoms with Gasteiger partial charge in [0.05, 0.1) is 6.54 Å². The number of hydrogen-bond donors (Lipinski definition) is 3. The molecule has 0 fully saturated rings. The molecule has 0 rings (SSSR count). The normalized spacial score (nSPS) is 12.8. The fraction of sp³-hybridized carbons (Fsp3) is 0.882. The molecule has 130 valence electrons. The summed E-state index contributed by atoms with van der Waals surface area (Å²) in [5.74, 6) is 0.892. The maximum absolute atomic E-state index is 11.5. The van der Waals surface area contributed by atoms with Crippen molar-refractivity contribution in [1.82, 2.24) is 16.0 Å². The lowest BCUT2D eigenvalue weighted by Gasteiger charge is -2.17. The molecule has 0 radical (unpaired) electrons. The van der Waals surface area contributed by atoms with Gasteiger partial charge in [-0.05, 0) is 26.7 Å². The lowest BCUT2D eigenvalue weighted by Crippen LogP contribution is -2.42. The van der Waals surface area contributed by atoms with Gasteiger partial charge in [-0.25, -0.2) is 0 Å². The van der Waals surface area contributed by atoms with Crippen LogP contribution >= 0.6 is 0 Å². The highest BCUT2D eigenvalue weighted by atomic mass is 16.1. The minimum absolute atomic E-state index is 0.0778. The molecule has 0 aliphatic rings. The van der Waals surface area contributed by atoms with Gasteiger partial charge in [0.1, 0.15) is 0 Å². The summed E-state index contributed by atoms with van der Waals surface area (Å²) < 4.78 is 0. The van der Waals surface area contributed by atoms with E-state index in [0.29, 0.717) is 19.0 Å². The Morgan fingerprint density at radius 2 is 1.82 bits per heavy atom. The largest absolute Gasteiger partial charge is 0.357 e. The van der Waals surface area contributed by atoms with Crippen molar-refractivity contribution in [3.63, 3.8) is 0 Å². The molecule has 5 nitrogen and oxygen atoms in total. The first-order chi connectivity index (χ1) is 10.6. The molecular formula is C17H36N4O. The van der Waals surface area contributed by atoms with Crippen molar-refractivity contribution >= 4 is 11.9 Å². The Hall–Kier alpha value is -1.26. The van der Waals surface area contributed by atoms with Crippen LogP contribution in [0.5, 0.6) is 0 Å². The number of rotatable bonds is 12.